The van der Waals surface area contributed by atoms with E-state index in [2.05, 4.69) is 5.10 Å². The van der Waals surface area contributed by atoms with Crippen LogP contribution in [0.25, 0.3) is 0 Å². The van der Waals surface area contributed by atoms with Gasteiger partial charge < -0.3 is 14.4 Å². The molecule has 0 aromatic carbocycles. The molecular weight excluding hydrogens is 274 g/mol. The van der Waals surface area contributed by atoms with E-state index in [4.69, 9.17) is 9.52 Å². The van der Waals surface area contributed by atoms with Crippen LogP contribution in [-0.2, 0) is 11.3 Å². The van der Waals surface area contributed by atoms with Crippen molar-refractivity contribution < 1.29 is 19.1 Å². The molecule has 7 nitrogen and oxygen atoms in total. The van der Waals surface area contributed by atoms with Gasteiger partial charge in [0.15, 0.2) is 5.76 Å². The number of aliphatic carboxylic acids is 1. The molecule has 7 heteroatoms. The molecule has 2 aromatic rings. The molecule has 0 saturated heterocycles. The van der Waals surface area contributed by atoms with Crippen molar-refractivity contribution in [2.45, 2.75) is 19.9 Å². The van der Waals surface area contributed by atoms with Crippen molar-refractivity contribution in [2.75, 3.05) is 13.1 Å². The summed E-state index contributed by atoms with van der Waals surface area (Å²) < 4.78 is 7.20. The first kappa shape index (κ1) is 14.8. The average molecular weight is 291 g/mol. The zero-order valence-corrected chi connectivity index (χ0v) is 11.7. The predicted octanol–water partition coefficient (Wildman–Crippen LogP) is 1.46. The summed E-state index contributed by atoms with van der Waals surface area (Å²) in [6, 6.07) is 5.13. The molecule has 2 aromatic heterocycles. The second kappa shape index (κ2) is 6.74. The SMILES string of the molecule is CCN(CCC(=O)O)C(=O)c1ccc(Cn2cccn2)o1. The first-order valence-corrected chi connectivity index (χ1v) is 6.67. The minimum atomic E-state index is -0.930. The zero-order valence-electron chi connectivity index (χ0n) is 11.7. The smallest absolute Gasteiger partial charge is 0.305 e. The minimum Gasteiger partial charge on any atom is -0.481 e. The lowest BCUT2D eigenvalue weighted by molar-refractivity contribution is -0.137. The Balaban J connectivity index is 2.01. The molecule has 0 saturated carbocycles. The third-order valence-electron chi connectivity index (χ3n) is 3.01. The molecule has 0 bridgehead atoms. The van der Waals surface area contributed by atoms with Gasteiger partial charge in [0.2, 0.25) is 0 Å². The first-order chi connectivity index (χ1) is 10.1. The van der Waals surface area contributed by atoms with Gasteiger partial charge in [0.05, 0.1) is 13.0 Å². The van der Waals surface area contributed by atoms with Gasteiger partial charge in [0, 0.05) is 25.5 Å². The van der Waals surface area contributed by atoms with Crippen LogP contribution in [0, 0.1) is 0 Å². The highest BCUT2D eigenvalue weighted by Gasteiger charge is 2.18. The Bertz CT molecular complexity index is 604. The highest BCUT2D eigenvalue weighted by Crippen LogP contribution is 2.12. The Morgan fingerprint density at radius 1 is 1.43 bits per heavy atom. The fraction of sp³-hybridized carbons (Fsp3) is 0.357. The van der Waals surface area contributed by atoms with E-state index in [9.17, 15) is 9.59 Å². The summed E-state index contributed by atoms with van der Waals surface area (Å²) in [6.45, 7) is 2.84. The number of aromatic nitrogens is 2. The van der Waals surface area contributed by atoms with E-state index in [0.717, 1.165) is 0 Å². The van der Waals surface area contributed by atoms with Gasteiger partial charge in [-0.15, -0.1) is 0 Å². The number of carbonyl (C=O) groups excluding carboxylic acids is 1. The Hall–Kier alpha value is -2.57. The summed E-state index contributed by atoms with van der Waals surface area (Å²) >= 11 is 0. The molecule has 2 heterocycles. The van der Waals surface area contributed by atoms with E-state index >= 15 is 0 Å². The maximum atomic E-state index is 12.2. The van der Waals surface area contributed by atoms with Gasteiger partial charge in [-0.25, -0.2) is 0 Å². The van der Waals surface area contributed by atoms with Gasteiger partial charge in [0.25, 0.3) is 5.91 Å². The van der Waals surface area contributed by atoms with E-state index < -0.39 is 5.97 Å². The average Bonchev–Trinajstić information content (AvgIpc) is 3.11. The van der Waals surface area contributed by atoms with Gasteiger partial charge in [-0.2, -0.15) is 5.10 Å². The number of amides is 1. The van der Waals surface area contributed by atoms with Gasteiger partial charge in [0.1, 0.15) is 5.76 Å². The van der Waals surface area contributed by atoms with Crippen molar-refractivity contribution in [1.82, 2.24) is 14.7 Å². The summed E-state index contributed by atoms with van der Waals surface area (Å²) in [6.07, 6.45) is 3.38. The van der Waals surface area contributed by atoms with Crippen LogP contribution in [0.15, 0.2) is 35.0 Å². The van der Waals surface area contributed by atoms with Crippen molar-refractivity contribution in [3.8, 4) is 0 Å². The fourth-order valence-electron chi connectivity index (χ4n) is 1.92. The lowest BCUT2D eigenvalue weighted by Gasteiger charge is -2.18. The van der Waals surface area contributed by atoms with Gasteiger partial charge >= 0.3 is 5.97 Å². The second-order valence-electron chi connectivity index (χ2n) is 4.50. The van der Waals surface area contributed by atoms with Gasteiger partial charge in [-0.05, 0) is 25.1 Å². The number of hydrogen-bond donors (Lipinski definition) is 1. The fourth-order valence-corrected chi connectivity index (χ4v) is 1.92. The van der Waals surface area contributed by atoms with E-state index in [1.165, 1.54) is 4.90 Å². The number of hydrogen-bond acceptors (Lipinski definition) is 4. The Morgan fingerprint density at radius 3 is 2.86 bits per heavy atom. The quantitative estimate of drug-likeness (QED) is 0.834. The lowest BCUT2D eigenvalue weighted by atomic mass is 10.3. The Morgan fingerprint density at radius 2 is 2.24 bits per heavy atom. The van der Waals surface area contributed by atoms with E-state index in [1.54, 1.807) is 42.2 Å². The molecule has 21 heavy (non-hydrogen) atoms. The van der Waals surface area contributed by atoms with Crippen LogP contribution in [0.3, 0.4) is 0 Å². The maximum Gasteiger partial charge on any atom is 0.305 e. The molecular formula is C14H17N3O4. The number of rotatable bonds is 7. The second-order valence-corrected chi connectivity index (χ2v) is 4.50. The number of carboxylic acids is 1. The van der Waals surface area contributed by atoms with Gasteiger partial charge in [-0.1, -0.05) is 0 Å². The van der Waals surface area contributed by atoms with Crippen LogP contribution in [0.2, 0.25) is 0 Å². The first-order valence-electron chi connectivity index (χ1n) is 6.67. The molecule has 0 radical (unpaired) electrons. The minimum absolute atomic E-state index is 0.0829. The number of furan rings is 1. The Labute approximate surface area is 121 Å². The molecule has 112 valence electrons. The van der Waals surface area contributed by atoms with Crippen LogP contribution in [-0.4, -0.2) is 44.8 Å². The summed E-state index contributed by atoms with van der Waals surface area (Å²) in [4.78, 5) is 24.3. The molecule has 0 atom stereocenters. The number of carboxylic acid groups (broad SMARTS) is 1. The highest BCUT2D eigenvalue weighted by atomic mass is 16.4. The van der Waals surface area contributed by atoms with Crippen LogP contribution >= 0.6 is 0 Å². The Kier molecular flexibility index (Phi) is 4.76. The molecule has 1 amide bonds. The standard InChI is InChI=1S/C14H17N3O4/c1-2-16(9-6-13(18)19)14(20)12-5-4-11(21-12)10-17-8-3-7-15-17/h3-5,7-8H,2,6,9-10H2,1H3,(H,18,19). The van der Waals surface area contributed by atoms with E-state index in [-0.39, 0.29) is 24.6 Å². The molecule has 0 spiro atoms. The third-order valence-corrected chi connectivity index (χ3v) is 3.01. The van der Waals surface area contributed by atoms with E-state index in [1.807, 2.05) is 0 Å². The predicted molar refractivity (Wildman–Crippen MR) is 73.9 cm³/mol. The van der Waals surface area contributed by atoms with Crippen molar-refractivity contribution in [1.29, 1.82) is 0 Å². The van der Waals surface area contributed by atoms with Crippen LogP contribution in [0.5, 0.6) is 0 Å². The lowest BCUT2D eigenvalue weighted by Crippen LogP contribution is -2.32. The molecule has 1 N–H and O–H groups in total. The summed E-state index contributed by atoms with van der Waals surface area (Å²) in [5.41, 5.74) is 0. The molecule has 0 fully saturated rings. The molecule has 2 rings (SSSR count). The summed E-state index contributed by atoms with van der Waals surface area (Å²) in [7, 11) is 0. The van der Waals surface area contributed by atoms with Gasteiger partial charge in [-0.3, -0.25) is 14.3 Å². The van der Waals surface area contributed by atoms with Crippen molar-refractivity contribution in [2.24, 2.45) is 0 Å². The van der Waals surface area contributed by atoms with Crippen LogP contribution < -0.4 is 0 Å². The largest absolute Gasteiger partial charge is 0.481 e. The molecule has 0 aliphatic rings. The van der Waals surface area contributed by atoms with Crippen LogP contribution in [0.4, 0.5) is 0 Å². The van der Waals surface area contributed by atoms with Crippen molar-refractivity contribution in [3.63, 3.8) is 0 Å². The van der Waals surface area contributed by atoms with Crippen LogP contribution in [0.1, 0.15) is 29.7 Å². The molecule has 0 aliphatic heterocycles. The number of nitrogens with zero attached hydrogens (tertiary/aromatic N) is 3. The highest BCUT2D eigenvalue weighted by molar-refractivity contribution is 5.91. The summed E-state index contributed by atoms with van der Waals surface area (Å²) in [5.74, 6) is -0.397. The van der Waals surface area contributed by atoms with Crippen molar-refractivity contribution >= 4 is 11.9 Å². The molecule has 0 unspecified atom stereocenters. The number of carbonyl (C=O) groups is 2. The maximum absolute atomic E-state index is 12.2. The molecule has 0 aliphatic carbocycles. The van der Waals surface area contributed by atoms with E-state index in [0.29, 0.717) is 18.8 Å². The monoisotopic (exact) mass is 291 g/mol. The third kappa shape index (κ3) is 3.95. The van der Waals surface area contributed by atoms with Crippen molar-refractivity contribution in [3.05, 3.63) is 42.1 Å². The normalized spacial score (nSPS) is 10.5. The summed E-state index contributed by atoms with van der Waals surface area (Å²) in [5, 5.41) is 12.7. The zero-order chi connectivity index (χ0) is 15.2. The topological polar surface area (TPSA) is 88.6 Å².